The molecule has 0 atom stereocenters. The predicted octanol–water partition coefficient (Wildman–Crippen LogP) is 2.08. The van der Waals surface area contributed by atoms with Crippen LogP contribution in [-0.4, -0.2) is 73.9 Å². The summed E-state index contributed by atoms with van der Waals surface area (Å²) in [6.45, 7) is 12.9. The number of nitrogens with one attached hydrogen (secondary N) is 2. The SMILES string of the molecule is CN=C(NCCCCCC(=O)N1CCN(C(=O)CC(C)C)CC1)NCC(C)C. The van der Waals surface area contributed by atoms with E-state index in [1.165, 1.54) is 0 Å². The molecule has 2 amide bonds. The van der Waals surface area contributed by atoms with E-state index in [1.807, 2.05) is 9.80 Å². The maximum atomic E-state index is 12.4. The Morgan fingerprint density at radius 3 is 2.00 bits per heavy atom. The van der Waals surface area contributed by atoms with E-state index in [4.69, 9.17) is 0 Å². The van der Waals surface area contributed by atoms with E-state index in [2.05, 4.69) is 43.3 Å². The second-order valence-electron chi connectivity index (χ2n) is 8.44. The van der Waals surface area contributed by atoms with Crippen LogP contribution in [0, 0.1) is 11.8 Å². The highest BCUT2D eigenvalue weighted by molar-refractivity contribution is 5.79. The molecule has 1 rings (SSSR count). The number of unbranched alkanes of at least 4 members (excludes halogenated alkanes) is 2. The van der Waals surface area contributed by atoms with Gasteiger partial charge in [-0.15, -0.1) is 0 Å². The van der Waals surface area contributed by atoms with Crippen LogP contribution in [0.2, 0.25) is 0 Å². The van der Waals surface area contributed by atoms with Crippen LogP contribution in [0.1, 0.15) is 59.8 Å². The molecular formula is C21H41N5O2. The molecular weight excluding hydrogens is 354 g/mol. The molecule has 0 radical (unpaired) electrons. The van der Waals surface area contributed by atoms with Crippen LogP contribution in [0.4, 0.5) is 0 Å². The van der Waals surface area contributed by atoms with Gasteiger partial charge in [-0.3, -0.25) is 14.6 Å². The van der Waals surface area contributed by atoms with Crippen molar-refractivity contribution >= 4 is 17.8 Å². The molecule has 0 aromatic heterocycles. The molecule has 0 unspecified atom stereocenters. The fourth-order valence-electron chi connectivity index (χ4n) is 3.15. The van der Waals surface area contributed by atoms with Crippen molar-refractivity contribution in [2.45, 2.75) is 59.8 Å². The van der Waals surface area contributed by atoms with Gasteiger partial charge in [-0.05, 0) is 24.7 Å². The van der Waals surface area contributed by atoms with Crippen LogP contribution in [-0.2, 0) is 9.59 Å². The Labute approximate surface area is 171 Å². The third kappa shape index (κ3) is 9.95. The lowest BCUT2D eigenvalue weighted by atomic mass is 10.1. The molecule has 1 aliphatic heterocycles. The second-order valence-corrected chi connectivity index (χ2v) is 8.44. The van der Waals surface area contributed by atoms with Crippen LogP contribution < -0.4 is 10.6 Å². The summed E-state index contributed by atoms with van der Waals surface area (Å²) in [6, 6.07) is 0. The van der Waals surface area contributed by atoms with Crippen molar-refractivity contribution in [2.75, 3.05) is 46.3 Å². The van der Waals surface area contributed by atoms with Crippen molar-refractivity contribution in [3.63, 3.8) is 0 Å². The highest BCUT2D eigenvalue weighted by Crippen LogP contribution is 2.10. The number of carbonyl (C=O) groups is 2. The van der Waals surface area contributed by atoms with Crippen LogP contribution in [0.15, 0.2) is 4.99 Å². The van der Waals surface area contributed by atoms with Gasteiger partial charge in [0.2, 0.25) is 11.8 Å². The zero-order valence-electron chi connectivity index (χ0n) is 18.6. The molecule has 1 heterocycles. The minimum atomic E-state index is 0.215. The van der Waals surface area contributed by atoms with Crippen molar-refractivity contribution in [3.05, 3.63) is 0 Å². The quantitative estimate of drug-likeness (QED) is 0.337. The zero-order chi connectivity index (χ0) is 20.9. The van der Waals surface area contributed by atoms with Gasteiger partial charge in [-0.25, -0.2) is 0 Å². The summed E-state index contributed by atoms with van der Waals surface area (Å²) in [5.41, 5.74) is 0. The summed E-state index contributed by atoms with van der Waals surface area (Å²) < 4.78 is 0. The number of aliphatic imine (C=N–C) groups is 1. The average molecular weight is 396 g/mol. The number of piperazine rings is 1. The van der Waals surface area contributed by atoms with Gasteiger partial charge in [0, 0.05) is 59.2 Å². The molecule has 7 heteroatoms. The topological polar surface area (TPSA) is 77.0 Å². The van der Waals surface area contributed by atoms with E-state index in [0.29, 0.717) is 50.9 Å². The van der Waals surface area contributed by atoms with Crippen molar-refractivity contribution in [3.8, 4) is 0 Å². The summed E-state index contributed by atoms with van der Waals surface area (Å²) in [7, 11) is 1.78. The molecule has 1 aliphatic rings. The van der Waals surface area contributed by atoms with Gasteiger partial charge in [0.05, 0.1) is 0 Å². The first-order valence-electron chi connectivity index (χ1n) is 10.8. The maximum absolute atomic E-state index is 12.4. The van der Waals surface area contributed by atoms with Gasteiger partial charge in [0.25, 0.3) is 0 Å². The van der Waals surface area contributed by atoms with Crippen molar-refractivity contribution in [1.29, 1.82) is 0 Å². The maximum Gasteiger partial charge on any atom is 0.222 e. The Kier molecular flexibility index (Phi) is 11.6. The molecule has 0 aliphatic carbocycles. The van der Waals surface area contributed by atoms with Gasteiger partial charge in [-0.1, -0.05) is 34.1 Å². The number of guanidine groups is 1. The molecule has 2 N–H and O–H groups in total. The Balaban J connectivity index is 2.12. The largest absolute Gasteiger partial charge is 0.356 e. The van der Waals surface area contributed by atoms with Gasteiger partial charge in [-0.2, -0.15) is 0 Å². The Bertz CT molecular complexity index is 497. The molecule has 1 saturated heterocycles. The van der Waals surface area contributed by atoms with E-state index in [1.54, 1.807) is 7.05 Å². The minimum Gasteiger partial charge on any atom is -0.356 e. The Hall–Kier alpha value is -1.79. The summed E-state index contributed by atoms with van der Waals surface area (Å²) in [6.07, 6.45) is 4.14. The summed E-state index contributed by atoms with van der Waals surface area (Å²) in [4.78, 5) is 32.5. The molecule has 28 heavy (non-hydrogen) atoms. The second kappa shape index (κ2) is 13.4. The fraction of sp³-hybridized carbons (Fsp3) is 0.857. The molecule has 1 fully saturated rings. The molecule has 7 nitrogen and oxygen atoms in total. The van der Waals surface area contributed by atoms with Gasteiger partial charge < -0.3 is 20.4 Å². The van der Waals surface area contributed by atoms with Gasteiger partial charge >= 0.3 is 0 Å². The van der Waals surface area contributed by atoms with Crippen LogP contribution in [0.25, 0.3) is 0 Å². The van der Waals surface area contributed by atoms with Crippen LogP contribution in [0.5, 0.6) is 0 Å². The minimum absolute atomic E-state index is 0.215. The smallest absolute Gasteiger partial charge is 0.222 e. The van der Waals surface area contributed by atoms with E-state index in [9.17, 15) is 9.59 Å². The monoisotopic (exact) mass is 395 g/mol. The van der Waals surface area contributed by atoms with E-state index >= 15 is 0 Å². The number of hydrogen-bond acceptors (Lipinski definition) is 3. The van der Waals surface area contributed by atoms with Crippen molar-refractivity contribution in [2.24, 2.45) is 16.8 Å². The van der Waals surface area contributed by atoms with E-state index in [-0.39, 0.29) is 11.8 Å². The Morgan fingerprint density at radius 2 is 1.46 bits per heavy atom. The molecule has 162 valence electrons. The van der Waals surface area contributed by atoms with Crippen molar-refractivity contribution in [1.82, 2.24) is 20.4 Å². The number of rotatable bonds is 10. The number of carbonyl (C=O) groups excluding carboxylic acids is 2. The fourth-order valence-corrected chi connectivity index (χ4v) is 3.15. The number of amides is 2. The average Bonchev–Trinajstić information content (AvgIpc) is 2.66. The Morgan fingerprint density at radius 1 is 0.857 bits per heavy atom. The standard InChI is InChI=1S/C21H41N5O2/c1-17(2)15-20(28)26-13-11-25(12-14-26)19(27)9-7-6-8-10-23-21(22-5)24-16-18(3)4/h17-18H,6-16H2,1-5H3,(H2,22,23,24). The van der Waals surface area contributed by atoms with Crippen LogP contribution >= 0.6 is 0 Å². The molecule has 0 spiro atoms. The predicted molar refractivity (Wildman–Crippen MR) is 115 cm³/mol. The molecule has 0 aromatic carbocycles. The first-order chi connectivity index (χ1) is 13.3. The first-order valence-corrected chi connectivity index (χ1v) is 10.8. The highest BCUT2D eigenvalue weighted by Gasteiger charge is 2.23. The zero-order valence-corrected chi connectivity index (χ0v) is 18.6. The molecule has 0 saturated carbocycles. The third-order valence-corrected chi connectivity index (χ3v) is 4.83. The highest BCUT2D eigenvalue weighted by atomic mass is 16.2. The summed E-state index contributed by atoms with van der Waals surface area (Å²) >= 11 is 0. The van der Waals surface area contributed by atoms with E-state index < -0.39 is 0 Å². The molecule has 0 bridgehead atoms. The van der Waals surface area contributed by atoms with Gasteiger partial charge in [0.15, 0.2) is 5.96 Å². The lowest BCUT2D eigenvalue weighted by molar-refractivity contribution is -0.140. The van der Waals surface area contributed by atoms with Gasteiger partial charge in [0.1, 0.15) is 0 Å². The van der Waals surface area contributed by atoms with Crippen molar-refractivity contribution < 1.29 is 9.59 Å². The lowest BCUT2D eigenvalue weighted by Crippen LogP contribution is -2.50. The van der Waals surface area contributed by atoms with Crippen LogP contribution in [0.3, 0.4) is 0 Å². The molecule has 0 aromatic rings. The summed E-state index contributed by atoms with van der Waals surface area (Å²) in [5.74, 6) is 2.24. The normalized spacial score (nSPS) is 15.3. The van der Waals surface area contributed by atoms with E-state index in [0.717, 1.165) is 38.3 Å². The number of hydrogen-bond donors (Lipinski definition) is 2. The first kappa shape index (κ1) is 24.2. The lowest BCUT2D eigenvalue weighted by Gasteiger charge is -2.35. The number of nitrogens with zero attached hydrogens (tertiary/aromatic N) is 3. The summed E-state index contributed by atoms with van der Waals surface area (Å²) in [5, 5.41) is 6.60. The third-order valence-electron chi connectivity index (χ3n) is 4.83.